The Morgan fingerprint density at radius 1 is 1.17 bits per heavy atom. The Morgan fingerprint density at radius 3 is 2.57 bits per heavy atom. The van der Waals surface area contributed by atoms with E-state index in [1.807, 2.05) is 6.92 Å². The molecule has 0 aliphatic heterocycles. The highest BCUT2D eigenvalue weighted by Crippen LogP contribution is 2.52. The van der Waals surface area contributed by atoms with Crippen LogP contribution in [0.4, 0.5) is 0 Å². The molecule has 1 saturated carbocycles. The van der Waals surface area contributed by atoms with Crippen molar-refractivity contribution in [3.8, 4) is 23.1 Å². The first-order valence-corrected chi connectivity index (χ1v) is 7.84. The van der Waals surface area contributed by atoms with Crippen molar-refractivity contribution in [1.29, 1.82) is 0 Å². The zero-order chi connectivity index (χ0) is 16.6. The van der Waals surface area contributed by atoms with E-state index in [0.717, 1.165) is 22.9 Å². The average molecular weight is 314 g/mol. The molecule has 2 aromatic rings. The molecule has 0 saturated heterocycles. The molecule has 1 aliphatic rings. The highest BCUT2D eigenvalue weighted by atomic mass is 16.5. The zero-order valence-electron chi connectivity index (χ0n) is 14.2. The number of nitrogens with zero attached hydrogens (tertiary/aromatic N) is 4. The number of hydrogen-bond acceptors (Lipinski definition) is 6. The van der Waals surface area contributed by atoms with Crippen LogP contribution in [0.1, 0.15) is 37.4 Å². The van der Waals surface area contributed by atoms with Crippen molar-refractivity contribution in [3.05, 3.63) is 23.5 Å². The summed E-state index contributed by atoms with van der Waals surface area (Å²) in [6, 6.07) is 2.37. The summed E-state index contributed by atoms with van der Waals surface area (Å²) in [6.45, 7) is 6.56. The molecule has 0 N–H and O–H groups in total. The van der Waals surface area contributed by atoms with E-state index in [9.17, 15) is 0 Å². The standard InChI is InChI=1S/C17H22N4O2/c1-9(2)11-6-13(11)12-7-15(21-20-10(12)3)14-8-18-17(23-5)19-16(14)22-4/h7-9,11,13H,6H2,1-5H3/t11-,13+/m1/s1. The van der Waals surface area contributed by atoms with Gasteiger partial charge >= 0.3 is 6.01 Å². The van der Waals surface area contributed by atoms with Gasteiger partial charge < -0.3 is 9.47 Å². The molecule has 1 fully saturated rings. The number of rotatable bonds is 5. The van der Waals surface area contributed by atoms with Crippen molar-refractivity contribution in [2.75, 3.05) is 14.2 Å². The molecule has 0 bridgehead atoms. The molecule has 0 unspecified atom stereocenters. The Hall–Kier alpha value is -2.24. The smallest absolute Gasteiger partial charge is 0.319 e. The molecule has 23 heavy (non-hydrogen) atoms. The lowest BCUT2D eigenvalue weighted by Crippen LogP contribution is -2.02. The topological polar surface area (TPSA) is 70.0 Å². The predicted octanol–water partition coefficient (Wildman–Crippen LogP) is 3.02. The minimum Gasteiger partial charge on any atom is -0.480 e. The summed E-state index contributed by atoms with van der Waals surface area (Å²) in [7, 11) is 3.10. The lowest BCUT2D eigenvalue weighted by atomic mass is 10.0. The van der Waals surface area contributed by atoms with Crippen molar-refractivity contribution < 1.29 is 9.47 Å². The second-order valence-electron chi connectivity index (χ2n) is 6.30. The largest absolute Gasteiger partial charge is 0.480 e. The number of aryl methyl sites for hydroxylation is 1. The third-order valence-electron chi connectivity index (χ3n) is 4.50. The first-order valence-electron chi connectivity index (χ1n) is 7.84. The normalized spacial score (nSPS) is 19.7. The second kappa shape index (κ2) is 6.10. The van der Waals surface area contributed by atoms with Crippen LogP contribution >= 0.6 is 0 Å². The van der Waals surface area contributed by atoms with Gasteiger partial charge in [-0.2, -0.15) is 10.1 Å². The lowest BCUT2D eigenvalue weighted by Gasteiger charge is -2.10. The average Bonchev–Trinajstić information content (AvgIpc) is 3.35. The molecular weight excluding hydrogens is 292 g/mol. The first-order chi connectivity index (χ1) is 11.0. The van der Waals surface area contributed by atoms with Crippen LogP contribution in [0.3, 0.4) is 0 Å². The minimum atomic E-state index is 0.271. The van der Waals surface area contributed by atoms with Crippen LogP contribution in [0, 0.1) is 18.8 Å². The third kappa shape index (κ3) is 2.98. The number of aromatic nitrogens is 4. The fourth-order valence-corrected chi connectivity index (χ4v) is 3.06. The van der Waals surface area contributed by atoms with Gasteiger partial charge in [0.2, 0.25) is 5.88 Å². The van der Waals surface area contributed by atoms with Crippen LogP contribution in [-0.2, 0) is 0 Å². The van der Waals surface area contributed by atoms with E-state index >= 15 is 0 Å². The molecule has 0 amide bonds. The summed E-state index contributed by atoms with van der Waals surface area (Å²) in [5.41, 5.74) is 3.73. The molecule has 1 aliphatic carbocycles. The van der Waals surface area contributed by atoms with Gasteiger partial charge in [0.15, 0.2) is 0 Å². The van der Waals surface area contributed by atoms with Crippen molar-refractivity contribution in [2.45, 2.75) is 33.1 Å². The van der Waals surface area contributed by atoms with Gasteiger partial charge in [-0.3, -0.25) is 0 Å². The fourth-order valence-electron chi connectivity index (χ4n) is 3.06. The van der Waals surface area contributed by atoms with E-state index in [-0.39, 0.29) is 6.01 Å². The molecule has 3 rings (SSSR count). The Bertz CT molecular complexity index is 718. The molecule has 0 aromatic carbocycles. The van der Waals surface area contributed by atoms with E-state index in [0.29, 0.717) is 17.7 Å². The monoisotopic (exact) mass is 314 g/mol. The molecule has 2 heterocycles. The van der Waals surface area contributed by atoms with Crippen LogP contribution in [0.15, 0.2) is 12.3 Å². The number of ether oxygens (including phenoxy) is 2. The number of hydrogen-bond donors (Lipinski definition) is 0. The molecule has 0 spiro atoms. The maximum Gasteiger partial charge on any atom is 0.319 e. The summed E-state index contributed by atoms with van der Waals surface area (Å²) in [4.78, 5) is 8.38. The summed E-state index contributed by atoms with van der Waals surface area (Å²) in [5.74, 6) is 2.45. The summed E-state index contributed by atoms with van der Waals surface area (Å²) < 4.78 is 10.4. The van der Waals surface area contributed by atoms with Crippen LogP contribution in [0.5, 0.6) is 11.9 Å². The van der Waals surface area contributed by atoms with Crippen molar-refractivity contribution >= 4 is 0 Å². The zero-order valence-corrected chi connectivity index (χ0v) is 14.2. The fraction of sp³-hybridized carbons (Fsp3) is 0.529. The first kappa shape index (κ1) is 15.6. The van der Waals surface area contributed by atoms with Crippen molar-refractivity contribution in [2.24, 2.45) is 11.8 Å². The van der Waals surface area contributed by atoms with Crippen LogP contribution in [-0.4, -0.2) is 34.4 Å². The Labute approximate surface area is 136 Å². The van der Waals surface area contributed by atoms with Crippen molar-refractivity contribution in [3.63, 3.8) is 0 Å². The van der Waals surface area contributed by atoms with E-state index in [1.54, 1.807) is 13.3 Å². The Balaban J connectivity index is 1.98. The van der Waals surface area contributed by atoms with Gasteiger partial charge in [-0.25, -0.2) is 4.98 Å². The quantitative estimate of drug-likeness (QED) is 0.845. The molecular formula is C17H22N4O2. The maximum absolute atomic E-state index is 5.35. The summed E-state index contributed by atoms with van der Waals surface area (Å²) in [5, 5.41) is 8.64. The van der Waals surface area contributed by atoms with Gasteiger partial charge in [0.05, 0.1) is 25.5 Å². The van der Waals surface area contributed by atoms with Gasteiger partial charge in [-0.15, -0.1) is 5.10 Å². The van der Waals surface area contributed by atoms with Crippen molar-refractivity contribution in [1.82, 2.24) is 20.2 Å². The van der Waals surface area contributed by atoms with Gasteiger partial charge in [0, 0.05) is 6.20 Å². The molecule has 2 aromatic heterocycles. The highest BCUT2D eigenvalue weighted by Gasteiger charge is 2.41. The molecule has 6 nitrogen and oxygen atoms in total. The second-order valence-corrected chi connectivity index (χ2v) is 6.30. The van der Waals surface area contributed by atoms with Crippen LogP contribution in [0.25, 0.3) is 11.3 Å². The Kier molecular flexibility index (Phi) is 4.15. The lowest BCUT2D eigenvalue weighted by molar-refractivity contribution is 0.353. The minimum absolute atomic E-state index is 0.271. The number of methoxy groups -OCH3 is 2. The third-order valence-corrected chi connectivity index (χ3v) is 4.50. The van der Waals surface area contributed by atoms with Gasteiger partial charge in [0.1, 0.15) is 5.69 Å². The van der Waals surface area contributed by atoms with Gasteiger partial charge in [0.25, 0.3) is 0 Å². The van der Waals surface area contributed by atoms with Gasteiger partial charge in [-0.05, 0) is 42.7 Å². The maximum atomic E-state index is 5.35. The molecule has 6 heteroatoms. The summed E-state index contributed by atoms with van der Waals surface area (Å²) in [6.07, 6.45) is 2.89. The van der Waals surface area contributed by atoms with E-state index in [2.05, 4.69) is 40.1 Å². The molecule has 122 valence electrons. The van der Waals surface area contributed by atoms with E-state index < -0.39 is 0 Å². The molecule has 2 atom stereocenters. The highest BCUT2D eigenvalue weighted by molar-refractivity contribution is 5.64. The van der Waals surface area contributed by atoms with E-state index in [4.69, 9.17) is 9.47 Å². The molecule has 0 radical (unpaired) electrons. The van der Waals surface area contributed by atoms with Gasteiger partial charge in [-0.1, -0.05) is 13.8 Å². The predicted molar refractivity (Wildman–Crippen MR) is 86.6 cm³/mol. The van der Waals surface area contributed by atoms with Crippen LogP contribution in [0.2, 0.25) is 0 Å². The van der Waals surface area contributed by atoms with Crippen LogP contribution < -0.4 is 9.47 Å². The SMILES string of the molecule is COc1ncc(-c2cc([C@H]3C[C@@H]3C(C)C)c(C)nn2)c(OC)n1. The Morgan fingerprint density at radius 2 is 1.96 bits per heavy atom. The van der Waals surface area contributed by atoms with E-state index in [1.165, 1.54) is 19.1 Å². The summed E-state index contributed by atoms with van der Waals surface area (Å²) >= 11 is 0.